The van der Waals surface area contributed by atoms with Crippen molar-refractivity contribution in [3.63, 3.8) is 0 Å². The molecule has 2 heterocycles. The van der Waals surface area contributed by atoms with Crippen LogP contribution >= 0.6 is 11.6 Å². The Morgan fingerprint density at radius 2 is 1.78 bits per heavy atom. The third-order valence-corrected chi connectivity index (χ3v) is 4.22. The molecule has 0 atom stereocenters. The molecule has 0 unspecified atom stereocenters. The molecule has 0 N–H and O–H groups in total. The minimum absolute atomic E-state index is 0.533. The molecule has 0 saturated heterocycles. The lowest BCUT2D eigenvalue weighted by Gasteiger charge is -2.12. The summed E-state index contributed by atoms with van der Waals surface area (Å²) in [7, 11) is 4.13. The zero-order valence-electron chi connectivity index (χ0n) is 14.0. The van der Waals surface area contributed by atoms with Crippen molar-refractivity contribution in [3.8, 4) is 11.3 Å². The topological polar surface area (TPSA) is 20.5 Å². The van der Waals surface area contributed by atoms with Crippen molar-refractivity contribution in [2.45, 2.75) is 26.3 Å². The molecular formula is C19H22ClN3. The largest absolute Gasteiger partial charge is 0.304 e. The minimum atomic E-state index is 0.533. The van der Waals surface area contributed by atoms with Gasteiger partial charge in [0.25, 0.3) is 0 Å². The molecule has 1 aromatic carbocycles. The van der Waals surface area contributed by atoms with Gasteiger partial charge in [-0.15, -0.1) is 0 Å². The van der Waals surface area contributed by atoms with Gasteiger partial charge in [-0.1, -0.05) is 49.7 Å². The summed E-state index contributed by atoms with van der Waals surface area (Å²) in [5.74, 6) is 0.533. The van der Waals surface area contributed by atoms with Crippen LogP contribution in [0.4, 0.5) is 0 Å². The molecule has 4 heteroatoms. The standard InChI is InChI=1S/C19H22ClN3/c1-13(2)14-5-7-15(8-6-14)19-17(12-22(3)4)23-11-16(20)9-10-18(23)21-19/h5-11,13H,12H2,1-4H3. The highest BCUT2D eigenvalue weighted by molar-refractivity contribution is 6.30. The molecule has 2 aromatic heterocycles. The zero-order chi connectivity index (χ0) is 16.6. The number of benzene rings is 1. The molecule has 0 fully saturated rings. The van der Waals surface area contributed by atoms with Crippen LogP contribution in [0.15, 0.2) is 42.6 Å². The molecule has 0 bridgehead atoms. The van der Waals surface area contributed by atoms with Gasteiger partial charge in [-0.2, -0.15) is 0 Å². The van der Waals surface area contributed by atoms with Crippen LogP contribution in [0.3, 0.4) is 0 Å². The van der Waals surface area contributed by atoms with Crippen molar-refractivity contribution >= 4 is 17.2 Å². The molecule has 120 valence electrons. The van der Waals surface area contributed by atoms with Crippen LogP contribution in [0.1, 0.15) is 31.0 Å². The fourth-order valence-electron chi connectivity index (χ4n) is 2.78. The van der Waals surface area contributed by atoms with E-state index in [2.05, 4.69) is 61.5 Å². The Hall–Kier alpha value is -1.84. The number of fused-ring (bicyclic) bond motifs is 1. The van der Waals surface area contributed by atoms with E-state index in [0.29, 0.717) is 5.92 Å². The maximum absolute atomic E-state index is 6.18. The molecule has 23 heavy (non-hydrogen) atoms. The lowest BCUT2D eigenvalue weighted by Crippen LogP contribution is -2.13. The van der Waals surface area contributed by atoms with E-state index in [-0.39, 0.29) is 0 Å². The Morgan fingerprint density at radius 3 is 2.39 bits per heavy atom. The van der Waals surface area contributed by atoms with Gasteiger partial charge in [-0.3, -0.25) is 0 Å². The monoisotopic (exact) mass is 327 g/mol. The molecule has 0 aliphatic heterocycles. The summed E-state index contributed by atoms with van der Waals surface area (Å²) >= 11 is 6.18. The van der Waals surface area contributed by atoms with E-state index in [9.17, 15) is 0 Å². The summed E-state index contributed by atoms with van der Waals surface area (Å²) in [5, 5.41) is 0.719. The molecule has 0 aliphatic rings. The first-order chi connectivity index (χ1) is 11.0. The summed E-state index contributed by atoms with van der Waals surface area (Å²) in [6.45, 7) is 5.22. The van der Waals surface area contributed by atoms with Gasteiger partial charge >= 0.3 is 0 Å². The molecule has 0 saturated carbocycles. The lowest BCUT2D eigenvalue weighted by molar-refractivity contribution is 0.396. The van der Waals surface area contributed by atoms with E-state index in [0.717, 1.165) is 34.2 Å². The lowest BCUT2D eigenvalue weighted by atomic mass is 10.0. The van der Waals surface area contributed by atoms with Crippen LogP contribution in [0, 0.1) is 0 Å². The average molecular weight is 328 g/mol. The van der Waals surface area contributed by atoms with E-state index >= 15 is 0 Å². The number of aromatic nitrogens is 2. The van der Waals surface area contributed by atoms with Gasteiger partial charge in [0, 0.05) is 18.3 Å². The van der Waals surface area contributed by atoms with Crippen LogP contribution in [0.25, 0.3) is 16.9 Å². The SMILES string of the molecule is CC(C)c1ccc(-c2nc3ccc(Cl)cn3c2CN(C)C)cc1. The smallest absolute Gasteiger partial charge is 0.137 e. The summed E-state index contributed by atoms with van der Waals surface area (Å²) in [6, 6.07) is 12.6. The maximum atomic E-state index is 6.18. The van der Waals surface area contributed by atoms with Crippen LogP contribution in [-0.4, -0.2) is 28.4 Å². The molecule has 3 rings (SSSR count). The molecule has 0 aliphatic carbocycles. The normalized spacial score (nSPS) is 11.8. The molecule has 3 nitrogen and oxygen atoms in total. The number of halogens is 1. The molecular weight excluding hydrogens is 306 g/mol. The molecule has 0 amide bonds. The van der Waals surface area contributed by atoms with E-state index in [1.54, 1.807) is 0 Å². The van der Waals surface area contributed by atoms with Crippen molar-refractivity contribution in [2.75, 3.05) is 14.1 Å². The Morgan fingerprint density at radius 1 is 1.09 bits per heavy atom. The predicted molar refractivity (Wildman–Crippen MR) is 97.1 cm³/mol. The summed E-state index contributed by atoms with van der Waals surface area (Å²) in [6.07, 6.45) is 1.94. The Kier molecular flexibility index (Phi) is 4.42. The summed E-state index contributed by atoms with van der Waals surface area (Å²) in [4.78, 5) is 6.98. The maximum Gasteiger partial charge on any atom is 0.137 e. The van der Waals surface area contributed by atoms with E-state index in [1.165, 1.54) is 5.56 Å². The first-order valence-corrected chi connectivity index (χ1v) is 8.25. The van der Waals surface area contributed by atoms with Gasteiger partial charge in [0.05, 0.1) is 16.4 Å². The Labute approximate surface area is 142 Å². The fourth-order valence-corrected chi connectivity index (χ4v) is 2.94. The van der Waals surface area contributed by atoms with Gasteiger partial charge < -0.3 is 9.30 Å². The highest BCUT2D eigenvalue weighted by Gasteiger charge is 2.15. The van der Waals surface area contributed by atoms with E-state index in [1.807, 2.05) is 18.3 Å². The summed E-state index contributed by atoms with van der Waals surface area (Å²) in [5.41, 5.74) is 5.59. The first-order valence-electron chi connectivity index (χ1n) is 7.87. The van der Waals surface area contributed by atoms with Crippen LogP contribution in [0.5, 0.6) is 0 Å². The summed E-state index contributed by atoms with van der Waals surface area (Å²) < 4.78 is 2.09. The Balaban J connectivity index is 2.15. The molecule has 0 radical (unpaired) electrons. The predicted octanol–water partition coefficient (Wildman–Crippen LogP) is 4.84. The second-order valence-corrected chi connectivity index (χ2v) is 6.93. The van der Waals surface area contributed by atoms with E-state index < -0.39 is 0 Å². The minimum Gasteiger partial charge on any atom is -0.304 e. The number of hydrogen-bond donors (Lipinski definition) is 0. The third kappa shape index (κ3) is 3.26. The second kappa shape index (κ2) is 6.34. The van der Waals surface area contributed by atoms with Crippen molar-refractivity contribution < 1.29 is 0 Å². The van der Waals surface area contributed by atoms with Gasteiger partial charge in [-0.05, 0) is 37.7 Å². The number of hydrogen-bond acceptors (Lipinski definition) is 2. The fraction of sp³-hybridized carbons (Fsp3) is 0.316. The third-order valence-electron chi connectivity index (χ3n) is 4.00. The highest BCUT2D eigenvalue weighted by atomic mass is 35.5. The van der Waals surface area contributed by atoms with Gasteiger partial charge in [-0.25, -0.2) is 4.98 Å². The van der Waals surface area contributed by atoms with Gasteiger partial charge in [0.15, 0.2) is 0 Å². The van der Waals surface area contributed by atoms with Crippen molar-refractivity contribution in [2.24, 2.45) is 0 Å². The van der Waals surface area contributed by atoms with Gasteiger partial charge in [0.1, 0.15) is 5.65 Å². The van der Waals surface area contributed by atoms with Crippen LogP contribution < -0.4 is 0 Å². The molecule has 3 aromatic rings. The number of rotatable bonds is 4. The quantitative estimate of drug-likeness (QED) is 0.683. The van der Waals surface area contributed by atoms with Crippen LogP contribution in [0.2, 0.25) is 5.02 Å². The zero-order valence-corrected chi connectivity index (χ0v) is 14.8. The van der Waals surface area contributed by atoms with E-state index in [4.69, 9.17) is 16.6 Å². The van der Waals surface area contributed by atoms with Crippen LogP contribution in [-0.2, 0) is 6.54 Å². The number of pyridine rings is 1. The first kappa shape index (κ1) is 16.0. The van der Waals surface area contributed by atoms with Crippen molar-refractivity contribution in [1.29, 1.82) is 0 Å². The average Bonchev–Trinajstić information content (AvgIpc) is 2.85. The number of imidazole rings is 1. The van der Waals surface area contributed by atoms with Crippen molar-refractivity contribution in [1.82, 2.24) is 14.3 Å². The van der Waals surface area contributed by atoms with Gasteiger partial charge in [0.2, 0.25) is 0 Å². The second-order valence-electron chi connectivity index (χ2n) is 6.50. The van der Waals surface area contributed by atoms with Crippen molar-refractivity contribution in [3.05, 3.63) is 58.9 Å². The highest BCUT2D eigenvalue weighted by Crippen LogP contribution is 2.28. The Bertz CT molecular complexity index is 816. The molecule has 0 spiro atoms. The number of nitrogens with zero attached hydrogens (tertiary/aromatic N) is 3.